The van der Waals surface area contributed by atoms with E-state index in [1.165, 1.54) is 0 Å². The highest BCUT2D eigenvalue weighted by atomic mass is 35.5. The Morgan fingerprint density at radius 3 is 2.59 bits per heavy atom. The van der Waals surface area contributed by atoms with Gasteiger partial charge in [0.2, 0.25) is 0 Å². The Labute approximate surface area is 106 Å². The van der Waals surface area contributed by atoms with Gasteiger partial charge in [0.1, 0.15) is 11.5 Å². The Bertz CT molecular complexity index is 416. The third-order valence-corrected chi connectivity index (χ3v) is 2.55. The van der Waals surface area contributed by atoms with Crippen LogP contribution in [0.15, 0.2) is 12.1 Å². The van der Waals surface area contributed by atoms with Crippen LogP contribution in [0.4, 0.5) is 5.69 Å². The number of unbranched alkanes of at least 4 members (excludes halogenated alkanes) is 1. The average Bonchev–Trinajstić information content (AvgIpc) is 2.35. The van der Waals surface area contributed by atoms with Crippen molar-refractivity contribution in [3.8, 4) is 17.6 Å². The highest BCUT2D eigenvalue weighted by Crippen LogP contribution is 2.35. The Balaban J connectivity index is 2.78. The average molecular weight is 255 g/mol. The molecule has 0 aliphatic rings. The number of rotatable bonds is 6. The van der Waals surface area contributed by atoms with Crippen molar-refractivity contribution >= 4 is 17.3 Å². The lowest BCUT2D eigenvalue weighted by Crippen LogP contribution is -2.03. The normalized spacial score (nSPS) is 9.53. The second-order valence-electron chi connectivity index (χ2n) is 3.38. The number of hydrogen-bond donors (Lipinski definition) is 1. The maximum atomic E-state index is 8.44. The first-order valence-electron chi connectivity index (χ1n) is 5.25. The van der Waals surface area contributed by atoms with Gasteiger partial charge in [-0.3, -0.25) is 0 Å². The molecule has 1 rings (SSSR count). The van der Waals surface area contributed by atoms with Crippen LogP contribution >= 0.6 is 11.6 Å². The minimum atomic E-state index is 0.506. The molecule has 4 nitrogen and oxygen atoms in total. The zero-order valence-corrected chi connectivity index (χ0v) is 10.7. The lowest BCUT2D eigenvalue weighted by Gasteiger charge is -2.13. The summed E-state index contributed by atoms with van der Waals surface area (Å²) in [4.78, 5) is 0. The van der Waals surface area contributed by atoms with Gasteiger partial charge in [-0.15, -0.1) is 0 Å². The van der Waals surface area contributed by atoms with Gasteiger partial charge >= 0.3 is 0 Å². The van der Waals surface area contributed by atoms with Crippen molar-refractivity contribution in [2.45, 2.75) is 12.8 Å². The minimum absolute atomic E-state index is 0.506. The van der Waals surface area contributed by atoms with Crippen LogP contribution in [0.3, 0.4) is 0 Å². The molecule has 0 saturated carbocycles. The number of benzene rings is 1. The van der Waals surface area contributed by atoms with Crippen LogP contribution < -0.4 is 14.8 Å². The van der Waals surface area contributed by atoms with Gasteiger partial charge in [-0.1, -0.05) is 11.6 Å². The fraction of sp³-hybridized carbons (Fsp3) is 0.417. The number of nitriles is 1. The number of nitrogens with zero attached hydrogens (tertiary/aromatic N) is 1. The second kappa shape index (κ2) is 6.87. The van der Waals surface area contributed by atoms with Crippen molar-refractivity contribution in [1.82, 2.24) is 0 Å². The van der Waals surface area contributed by atoms with Gasteiger partial charge in [0.15, 0.2) is 0 Å². The predicted molar refractivity (Wildman–Crippen MR) is 67.9 cm³/mol. The number of ether oxygens (including phenoxy) is 2. The van der Waals surface area contributed by atoms with Crippen molar-refractivity contribution in [3.63, 3.8) is 0 Å². The first-order valence-corrected chi connectivity index (χ1v) is 5.63. The summed E-state index contributed by atoms with van der Waals surface area (Å²) in [6.45, 7) is 0.703. The van der Waals surface area contributed by atoms with E-state index in [1.54, 1.807) is 26.4 Å². The Hall–Kier alpha value is -1.60. The Morgan fingerprint density at radius 2 is 2.00 bits per heavy atom. The van der Waals surface area contributed by atoms with Gasteiger partial charge in [-0.2, -0.15) is 5.26 Å². The van der Waals surface area contributed by atoms with Crippen LogP contribution in [0.1, 0.15) is 12.8 Å². The largest absolute Gasteiger partial charge is 0.495 e. The zero-order chi connectivity index (χ0) is 12.7. The summed E-state index contributed by atoms with van der Waals surface area (Å²) in [6, 6.07) is 5.58. The number of anilines is 1. The van der Waals surface area contributed by atoms with Crippen LogP contribution in [-0.2, 0) is 0 Å². The van der Waals surface area contributed by atoms with Crippen molar-refractivity contribution in [2.24, 2.45) is 0 Å². The van der Waals surface area contributed by atoms with Gasteiger partial charge in [-0.25, -0.2) is 0 Å². The van der Waals surface area contributed by atoms with Crippen molar-refractivity contribution < 1.29 is 9.47 Å². The minimum Gasteiger partial charge on any atom is -0.495 e. The van der Waals surface area contributed by atoms with Gasteiger partial charge in [0, 0.05) is 25.1 Å². The molecule has 0 saturated heterocycles. The van der Waals surface area contributed by atoms with E-state index in [1.807, 2.05) is 0 Å². The SMILES string of the molecule is COc1cc(NCCCC#N)c(OC)cc1Cl. The number of methoxy groups -OCH3 is 2. The lowest BCUT2D eigenvalue weighted by atomic mass is 10.2. The van der Waals surface area contributed by atoms with Gasteiger partial charge in [0.25, 0.3) is 0 Å². The third-order valence-electron chi connectivity index (χ3n) is 2.25. The van der Waals surface area contributed by atoms with Crippen LogP contribution in [0.5, 0.6) is 11.5 Å². The molecule has 0 fully saturated rings. The van der Waals surface area contributed by atoms with E-state index in [9.17, 15) is 0 Å². The van der Waals surface area contributed by atoms with E-state index in [4.69, 9.17) is 26.3 Å². The first kappa shape index (κ1) is 13.5. The summed E-state index contributed by atoms with van der Waals surface area (Å²) < 4.78 is 10.3. The summed E-state index contributed by atoms with van der Waals surface area (Å²) in [5.74, 6) is 1.25. The molecule has 17 heavy (non-hydrogen) atoms. The Morgan fingerprint density at radius 1 is 1.29 bits per heavy atom. The lowest BCUT2D eigenvalue weighted by molar-refractivity contribution is 0.404. The monoisotopic (exact) mass is 254 g/mol. The summed E-state index contributed by atoms with van der Waals surface area (Å²) in [5.41, 5.74) is 0.812. The molecule has 0 aliphatic heterocycles. The quantitative estimate of drug-likeness (QED) is 0.793. The molecule has 5 heteroatoms. The molecule has 1 aromatic rings. The molecule has 1 aromatic carbocycles. The second-order valence-corrected chi connectivity index (χ2v) is 3.78. The summed E-state index contributed by atoms with van der Waals surface area (Å²) >= 11 is 5.99. The first-order chi connectivity index (χ1) is 8.22. The maximum Gasteiger partial charge on any atom is 0.143 e. The third kappa shape index (κ3) is 3.72. The Kier molecular flexibility index (Phi) is 5.44. The maximum absolute atomic E-state index is 8.44. The van der Waals surface area contributed by atoms with E-state index in [0.717, 1.165) is 12.1 Å². The fourth-order valence-corrected chi connectivity index (χ4v) is 1.62. The van der Waals surface area contributed by atoms with Crippen LogP contribution in [0.2, 0.25) is 5.02 Å². The van der Waals surface area contributed by atoms with Crippen molar-refractivity contribution in [2.75, 3.05) is 26.1 Å². The van der Waals surface area contributed by atoms with Crippen molar-refractivity contribution in [1.29, 1.82) is 5.26 Å². The topological polar surface area (TPSA) is 54.3 Å². The molecule has 0 aliphatic carbocycles. The fourth-order valence-electron chi connectivity index (χ4n) is 1.39. The predicted octanol–water partition coefficient (Wildman–Crippen LogP) is 3.07. The van der Waals surface area contributed by atoms with E-state index in [0.29, 0.717) is 29.5 Å². The van der Waals surface area contributed by atoms with Crippen LogP contribution in [0.25, 0.3) is 0 Å². The highest BCUT2D eigenvalue weighted by Gasteiger charge is 2.09. The van der Waals surface area contributed by atoms with E-state index in [-0.39, 0.29) is 0 Å². The van der Waals surface area contributed by atoms with E-state index < -0.39 is 0 Å². The number of hydrogen-bond acceptors (Lipinski definition) is 4. The molecule has 92 valence electrons. The molecule has 1 N–H and O–H groups in total. The molecule has 0 heterocycles. The molecule has 0 unspecified atom stereocenters. The smallest absolute Gasteiger partial charge is 0.143 e. The molecule has 0 atom stereocenters. The molecule has 0 bridgehead atoms. The summed E-state index contributed by atoms with van der Waals surface area (Å²) in [6.07, 6.45) is 1.31. The number of halogens is 1. The van der Waals surface area contributed by atoms with E-state index in [2.05, 4.69) is 11.4 Å². The van der Waals surface area contributed by atoms with Gasteiger partial charge in [-0.05, 0) is 6.42 Å². The van der Waals surface area contributed by atoms with Crippen LogP contribution in [0, 0.1) is 11.3 Å². The highest BCUT2D eigenvalue weighted by molar-refractivity contribution is 6.32. The van der Waals surface area contributed by atoms with Crippen molar-refractivity contribution in [3.05, 3.63) is 17.2 Å². The molecule has 0 amide bonds. The molecule has 0 spiro atoms. The zero-order valence-electron chi connectivity index (χ0n) is 9.92. The van der Waals surface area contributed by atoms with Gasteiger partial charge in [0.05, 0.1) is 31.0 Å². The summed E-state index contributed by atoms with van der Waals surface area (Å²) in [5, 5.41) is 12.1. The van der Waals surface area contributed by atoms with Crippen LogP contribution in [-0.4, -0.2) is 20.8 Å². The van der Waals surface area contributed by atoms with E-state index >= 15 is 0 Å². The number of nitrogens with one attached hydrogen (secondary N) is 1. The van der Waals surface area contributed by atoms with Gasteiger partial charge < -0.3 is 14.8 Å². The molecule has 0 aromatic heterocycles. The molecule has 0 radical (unpaired) electrons. The summed E-state index contributed by atoms with van der Waals surface area (Å²) in [7, 11) is 3.14. The standard InChI is InChI=1S/C12H15ClN2O2/c1-16-11-8-10(15-6-4-3-5-14)12(17-2)7-9(11)13/h7-8,15H,3-4,6H2,1-2H3. The molecular weight excluding hydrogens is 240 g/mol. The molecular formula is C12H15ClN2O2.